The van der Waals surface area contributed by atoms with Crippen LogP contribution in [0.5, 0.6) is 0 Å². The van der Waals surface area contributed by atoms with Gasteiger partial charge in [0.2, 0.25) is 0 Å². The molecule has 0 atom stereocenters. The van der Waals surface area contributed by atoms with Crippen molar-refractivity contribution in [1.29, 1.82) is 0 Å². The molecular formula is C21H18N4O2S. The molecule has 140 valence electrons. The monoisotopic (exact) mass is 390 g/mol. The molecule has 0 aliphatic carbocycles. The second-order valence-corrected chi connectivity index (χ2v) is 7.40. The van der Waals surface area contributed by atoms with Crippen LogP contribution in [-0.2, 0) is 0 Å². The molecule has 6 nitrogen and oxygen atoms in total. The maximum Gasteiger partial charge on any atom is 0.280 e. The van der Waals surface area contributed by atoms with Crippen LogP contribution in [0.15, 0.2) is 70.8 Å². The number of carbonyl (C=O) groups is 1. The zero-order valence-corrected chi connectivity index (χ0v) is 16.2. The highest BCUT2D eigenvalue weighted by Gasteiger charge is 2.16. The zero-order chi connectivity index (χ0) is 19.7. The van der Waals surface area contributed by atoms with Gasteiger partial charge in [-0.2, -0.15) is 4.68 Å². The van der Waals surface area contributed by atoms with Crippen LogP contribution in [0.3, 0.4) is 0 Å². The number of benzene rings is 2. The van der Waals surface area contributed by atoms with Crippen molar-refractivity contribution in [2.75, 3.05) is 24.4 Å². The van der Waals surface area contributed by atoms with Crippen LogP contribution in [0.4, 0.5) is 5.69 Å². The van der Waals surface area contributed by atoms with Gasteiger partial charge in [0.1, 0.15) is 0 Å². The summed E-state index contributed by atoms with van der Waals surface area (Å²) in [5.41, 5.74) is 4.37. The summed E-state index contributed by atoms with van der Waals surface area (Å²) in [4.78, 5) is 33.3. The Morgan fingerprint density at radius 2 is 1.89 bits per heavy atom. The van der Waals surface area contributed by atoms with Gasteiger partial charge in [-0.3, -0.25) is 15.0 Å². The lowest BCUT2D eigenvalue weighted by atomic mass is 10.2. The summed E-state index contributed by atoms with van der Waals surface area (Å²) in [6.45, 7) is 0. The molecule has 1 N–H and O–H groups in total. The lowest BCUT2D eigenvalue weighted by Gasteiger charge is -2.15. The maximum absolute atomic E-state index is 13.1. The molecule has 0 fully saturated rings. The van der Waals surface area contributed by atoms with E-state index in [-0.39, 0.29) is 11.5 Å². The number of amides is 1. The fraction of sp³-hybridized carbons (Fsp3) is 0.0952. The lowest BCUT2D eigenvalue weighted by molar-refractivity contribution is 0.101. The molecule has 28 heavy (non-hydrogen) atoms. The minimum Gasteiger partial charge on any atom is -0.378 e. The Labute approximate surface area is 165 Å². The van der Waals surface area contributed by atoms with Crippen molar-refractivity contribution >= 4 is 33.8 Å². The Morgan fingerprint density at radius 3 is 2.64 bits per heavy atom. The summed E-state index contributed by atoms with van der Waals surface area (Å²) in [6, 6.07) is 18.1. The molecule has 4 rings (SSSR count). The van der Waals surface area contributed by atoms with E-state index in [1.807, 2.05) is 54.7 Å². The van der Waals surface area contributed by atoms with Crippen molar-refractivity contribution in [1.82, 2.24) is 9.66 Å². The number of aromatic nitrogens is 2. The number of nitrogens with zero attached hydrogens (tertiary/aromatic N) is 3. The molecular weight excluding hydrogens is 372 g/mol. The van der Waals surface area contributed by atoms with Crippen LogP contribution < -0.4 is 15.9 Å². The van der Waals surface area contributed by atoms with E-state index in [9.17, 15) is 9.59 Å². The molecule has 0 saturated carbocycles. The molecule has 0 saturated heterocycles. The largest absolute Gasteiger partial charge is 0.378 e. The molecule has 0 aliphatic rings. The minimum absolute atomic E-state index is 0.314. The molecule has 2 aromatic carbocycles. The number of thiophene rings is 1. The van der Waals surface area contributed by atoms with Crippen LogP contribution in [0.25, 0.3) is 21.6 Å². The summed E-state index contributed by atoms with van der Waals surface area (Å²) in [5.74, 6) is 0.0384. The zero-order valence-electron chi connectivity index (χ0n) is 15.4. The van der Waals surface area contributed by atoms with Gasteiger partial charge in [-0.15, -0.1) is 11.3 Å². The van der Waals surface area contributed by atoms with Gasteiger partial charge in [-0.1, -0.05) is 24.3 Å². The number of nitrogens with one attached hydrogen (secondary N) is 1. The van der Waals surface area contributed by atoms with Crippen molar-refractivity contribution in [2.45, 2.75) is 0 Å². The summed E-state index contributed by atoms with van der Waals surface area (Å²) in [6.07, 6.45) is 0. The topological polar surface area (TPSA) is 67.2 Å². The van der Waals surface area contributed by atoms with Gasteiger partial charge in [-0.05, 0) is 41.8 Å². The number of anilines is 1. The first-order chi connectivity index (χ1) is 13.5. The predicted octanol–water partition coefficient (Wildman–Crippen LogP) is 3.57. The summed E-state index contributed by atoms with van der Waals surface area (Å²) in [7, 11) is 3.81. The summed E-state index contributed by atoms with van der Waals surface area (Å²) in [5, 5.41) is 2.36. The Hall–Kier alpha value is -3.45. The van der Waals surface area contributed by atoms with E-state index in [1.54, 1.807) is 30.3 Å². The number of fused-ring (bicyclic) bond motifs is 1. The SMILES string of the molecule is CN(C)c1cccc(C(=O)Nn2c(-c3cccs3)nc3ccccc3c2=O)c1. The molecule has 0 aliphatic heterocycles. The summed E-state index contributed by atoms with van der Waals surface area (Å²) < 4.78 is 1.23. The first-order valence-corrected chi connectivity index (χ1v) is 9.57. The van der Waals surface area contributed by atoms with Crippen LogP contribution in [0.1, 0.15) is 10.4 Å². The van der Waals surface area contributed by atoms with Gasteiger partial charge in [0.15, 0.2) is 5.82 Å². The molecule has 4 aromatic rings. The quantitative estimate of drug-likeness (QED) is 0.578. The van der Waals surface area contributed by atoms with Gasteiger partial charge in [0.05, 0.1) is 15.8 Å². The smallest absolute Gasteiger partial charge is 0.280 e. The molecule has 2 aromatic heterocycles. The third-order valence-electron chi connectivity index (χ3n) is 4.36. The van der Waals surface area contributed by atoms with Crippen LogP contribution in [-0.4, -0.2) is 29.7 Å². The Morgan fingerprint density at radius 1 is 1.07 bits per heavy atom. The van der Waals surface area contributed by atoms with Gasteiger partial charge < -0.3 is 4.90 Å². The molecule has 0 spiro atoms. The maximum atomic E-state index is 13.1. The van der Waals surface area contributed by atoms with Crippen molar-refractivity contribution in [3.63, 3.8) is 0 Å². The van der Waals surface area contributed by atoms with Crippen molar-refractivity contribution < 1.29 is 4.79 Å². The van der Waals surface area contributed by atoms with Gasteiger partial charge >= 0.3 is 0 Å². The van der Waals surface area contributed by atoms with E-state index in [0.29, 0.717) is 22.3 Å². The van der Waals surface area contributed by atoms with E-state index >= 15 is 0 Å². The van der Waals surface area contributed by atoms with E-state index in [1.165, 1.54) is 16.0 Å². The number of para-hydroxylation sites is 1. The fourth-order valence-corrected chi connectivity index (χ4v) is 3.60. The molecule has 0 radical (unpaired) electrons. The molecule has 1 amide bonds. The number of hydrogen-bond donors (Lipinski definition) is 1. The van der Waals surface area contributed by atoms with Crippen LogP contribution >= 0.6 is 11.3 Å². The number of carbonyl (C=O) groups excluding carboxylic acids is 1. The second-order valence-electron chi connectivity index (χ2n) is 6.46. The first kappa shape index (κ1) is 17.9. The highest BCUT2D eigenvalue weighted by atomic mass is 32.1. The second kappa shape index (κ2) is 7.28. The Balaban J connectivity index is 1.83. The number of hydrogen-bond acceptors (Lipinski definition) is 5. The van der Waals surface area contributed by atoms with Crippen LogP contribution in [0, 0.1) is 0 Å². The van der Waals surface area contributed by atoms with Crippen molar-refractivity contribution in [3.05, 3.63) is 82.0 Å². The normalized spacial score (nSPS) is 10.8. The third-order valence-corrected chi connectivity index (χ3v) is 5.22. The van der Waals surface area contributed by atoms with Gasteiger partial charge in [0, 0.05) is 25.3 Å². The molecule has 7 heteroatoms. The van der Waals surface area contributed by atoms with E-state index < -0.39 is 0 Å². The van der Waals surface area contributed by atoms with Gasteiger partial charge in [0.25, 0.3) is 11.5 Å². The van der Waals surface area contributed by atoms with E-state index in [0.717, 1.165) is 10.6 Å². The third kappa shape index (κ3) is 3.27. The highest BCUT2D eigenvalue weighted by molar-refractivity contribution is 7.13. The van der Waals surface area contributed by atoms with Crippen molar-refractivity contribution in [3.8, 4) is 10.7 Å². The predicted molar refractivity (Wildman–Crippen MR) is 114 cm³/mol. The summed E-state index contributed by atoms with van der Waals surface area (Å²) >= 11 is 1.46. The average molecular weight is 390 g/mol. The lowest BCUT2D eigenvalue weighted by Crippen LogP contribution is -2.35. The molecule has 2 heterocycles. The Kier molecular flexibility index (Phi) is 4.67. The number of rotatable bonds is 4. The fourth-order valence-electron chi connectivity index (χ4n) is 2.90. The average Bonchev–Trinajstić information content (AvgIpc) is 3.24. The first-order valence-electron chi connectivity index (χ1n) is 8.69. The van der Waals surface area contributed by atoms with E-state index in [2.05, 4.69) is 10.4 Å². The highest BCUT2D eigenvalue weighted by Crippen LogP contribution is 2.23. The standard InChI is InChI=1S/C21H18N4O2S/c1-24(2)15-8-5-7-14(13-15)20(26)23-25-19(18-11-6-12-28-18)22-17-10-4-3-9-16(17)21(25)27/h3-13H,1-2H3,(H,23,26). The molecule has 0 unspecified atom stereocenters. The minimum atomic E-state index is -0.374. The van der Waals surface area contributed by atoms with E-state index in [4.69, 9.17) is 0 Å². The molecule has 0 bridgehead atoms. The van der Waals surface area contributed by atoms with Gasteiger partial charge in [-0.25, -0.2) is 4.98 Å². The van der Waals surface area contributed by atoms with Crippen molar-refractivity contribution in [2.24, 2.45) is 0 Å². The Bertz CT molecular complexity index is 1210. The van der Waals surface area contributed by atoms with Crippen LogP contribution in [0.2, 0.25) is 0 Å².